The third-order valence-electron chi connectivity index (χ3n) is 11.9. The van der Waals surface area contributed by atoms with Gasteiger partial charge in [0.05, 0.1) is 11.6 Å². The minimum absolute atomic E-state index is 0.112. The Kier molecular flexibility index (Phi) is 10.4. The van der Waals surface area contributed by atoms with E-state index >= 15 is 0 Å². The van der Waals surface area contributed by atoms with Crippen LogP contribution in [0.1, 0.15) is 71.9 Å². The van der Waals surface area contributed by atoms with Crippen molar-refractivity contribution in [1.29, 1.82) is 5.26 Å². The highest BCUT2D eigenvalue weighted by Gasteiger charge is 2.61. The summed E-state index contributed by atoms with van der Waals surface area (Å²) >= 11 is 0. The van der Waals surface area contributed by atoms with Gasteiger partial charge in [0.25, 0.3) is 0 Å². The van der Waals surface area contributed by atoms with Gasteiger partial charge in [-0.25, -0.2) is 0 Å². The van der Waals surface area contributed by atoms with Crippen molar-refractivity contribution in [2.45, 2.75) is 86.4 Å². The molecule has 5 atom stereocenters. The molecule has 1 aromatic rings. The molecular formula is C43H58N4. The fourth-order valence-corrected chi connectivity index (χ4v) is 9.59. The number of aryl methyl sites for hydroxylation is 1. The molecule has 3 unspecified atom stereocenters. The molecule has 4 rings (SSSR count). The summed E-state index contributed by atoms with van der Waals surface area (Å²) in [6.45, 7) is 34.7. The molecule has 0 aliphatic heterocycles. The summed E-state index contributed by atoms with van der Waals surface area (Å²) in [6.07, 6.45) is 4.55. The van der Waals surface area contributed by atoms with Crippen LogP contribution < -0.4 is 5.32 Å². The van der Waals surface area contributed by atoms with Gasteiger partial charge in [-0.05, 0) is 112 Å². The Bertz CT molecular complexity index is 1680. The number of rotatable bonds is 9. The lowest BCUT2D eigenvalue weighted by molar-refractivity contribution is 0.0119. The average molecular weight is 631 g/mol. The van der Waals surface area contributed by atoms with E-state index < -0.39 is 0 Å². The maximum atomic E-state index is 10.9. The maximum absolute atomic E-state index is 10.9. The first-order chi connectivity index (χ1) is 22.0. The second kappa shape index (κ2) is 13.5. The maximum Gasteiger partial charge on any atom is 0.0970 e. The third-order valence-corrected chi connectivity index (χ3v) is 11.9. The number of benzene rings is 1. The molecule has 0 radical (unpaired) electrons. The second-order valence-electron chi connectivity index (χ2n) is 15.1. The Morgan fingerprint density at radius 2 is 1.77 bits per heavy atom. The van der Waals surface area contributed by atoms with Gasteiger partial charge in [-0.15, -0.1) is 6.58 Å². The monoisotopic (exact) mass is 630 g/mol. The number of nitriles is 1. The molecule has 0 heterocycles. The zero-order valence-electron chi connectivity index (χ0n) is 31.1. The molecule has 4 heteroatoms. The van der Waals surface area contributed by atoms with Crippen molar-refractivity contribution in [1.82, 2.24) is 15.1 Å². The van der Waals surface area contributed by atoms with Crippen LogP contribution in [-0.4, -0.2) is 50.1 Å². The molecule has 1 N–H and O–H groups in total. The van der Waals surface area contributed by atoms with Crippen molar-refractivity contribution in [2.75, 3.05) is 28.2 Å². The van der Waals surface area contributed by atoms with Gasteiger partial charge < -0.3 is 15.1 Å². The molecule has 0 aromatic heterocycles. The number of nitrogens with one attached hydrogen (secondary N) is 1. The zero-order chi connectivity index (χ0) is 35.2. The lowest BCUT2D eigenvalue weighted by Crippen LogP contribution is -2.60. The van der Waals surface area contributed by atoms with Crippen molar-refractivity contribution in [3.63, 3.8) is 0 Å². The quantitative estimate of drug-likeness (QED) is 0.218. The van der Waals surface area contributed by atoms with Crippen molar-refractivity contribution >= 4 is 0 Å². The molecule has 1 fully saturated rings. The van der Waals surface area contributed by atoms with E-state index in [1.807, 2.05) is 6.08 Å². The van der Waals surface area contributed by atoms with Crippen LogP contribution in [0.15, 0.2) is 118 Å². The summed E-state index contributed by atoms with van der Waals surface area (Å²) in [5.74, 6) is 0.267. The second-order valence-corrected chi connectivity index (χ2v) is 15.1. The minimum atomic E-state index is -0.316. The van der Waals surface area contributed by atoms with Crippen LogP contribution in [0.25, 0.3) is 0 Å². The average Bonchev–Trinajstić information content (AvgIpc) is 2.98. The Morgan fingerprint density at radius 1 is 1.13 bits per heavy atom. The molecule has 4 nitrogen and oxygen atoms in total. The number of allylic oxidation sites excluding steroid dienone is 9. The highest BCUT2D eigenvalue weighted by Crippen LogP contribution is 2.68. The van der Waals surface area contributed by atoms with E-state index in [-0.39, 0.29) is 28.8 Å². The molecule has 1 saturated carbocycles. The zero-order valence-corrected chi connectivity index (χ0v) is 31.1. The summed E-state index contributed by atoms with van der Waals surface area (Å²) in [6, 6.07) is 11.2. The Morgan fingerprint density at radius 3 is 2.30 bits per heavy atom. The lowest BCUT2D eigenvalue weighted by atomic mass is 9.42. The van der Waals surface area contributed by atoms with Crippen LogP contribution in [0.3, 0.4) is 0 Å². The predicted molar refractivity (Wildman–Crippen MR) is 201 cm³/mol. The molecule has 0 saturated heterocycles. The van der Waals surface area contributed by atoms with Gasteiger partial charge in [0, 0.05) is 61.2 Å². The number of hydrogen-bond acceptors (Lipinski definition) is 4. The van der Waals surface area contributed by atoms with Crippen LogP contribution in [0.5, 0.6) is 0 Å². The predicted octanol–water partition coefficient (Wildman–Crippen LogP) is 9.39. The van der Waals surface area contributed by atoms with Crippen molar-refractivity contribution < 1.29 is 0 Å². The molecule has 3 aliphatic rings. The van der Waals surface area contributed by atoms with Crippen LogP contribution >= 0.6 is 0 Å². The highest BCUT2D eigenvalue weighted by atomic mass is 15.1. The first-order valence-corrected chi connectivity index (χ1v) is 17.1. The van der Waals surface area contributed by atoms with E-state index in [0.29, 0.717) is 6.54 Å². The number of hydrogen-bond donors (Lipinski definition) is 1. The summed E-state index contributed by atoms with van der Waals surface area (Å²) in [5, 5.41) is 14.6. The topological polar surface area (TPSA) is 42.3 Å². The van der Waals surface area contributed by atoms with Gasteiger partial charge in [-0.2, -0.15) is 5.26 Å². The van der Waals surface area contributed by atoms with Gasteiger partial charge >= 0.3 is 0 Å². The van der Waals surface area contributed by atoms with E-state index in [9.17, 15) is 5.26 Å². The highest BCUT2D eigenvalue weighted by molar-refractivity contribution is 5.69. The van der Waals surface area contributed by atoms with E-state index in [0.717, 1.165) is 47.1 Å². The summed E-state index contributed by atoms with van der Waals surface area (Å²) in [4.78, 5) is 4.61. The molecule has 0 spiro atoms. The van der Waals surface area contributed by atoms with E-state index in [2.05, 4.69) is 135 Å². The third kappa shape index (κ3) is 5.77. The summed E-state index contributed by atoms with van der Waals surface area (Å²) in [5.41, 5.74) is 14.6. The van der Waals surface area contributed by atoms with Gasteiger partial charge in [0.15, 0.2) is 0 Å². The summed E-state index contributed by atoms with van der Waals surface area (Å²) < 4.78 is 0. The van der Waals surface area contributed by atoms with Gasteiger partial charge in [-0.1, -0.05) is 75.1 Å². The lowest BCUT2D eigenvalue weighted by Gasteiger charge is -2.63. The molecule has 0 amide bonds. The van der Waals surface area contributed by atoms with E-state index in [1.54, 1.807) is 0 Å². The van der Waals surface area contributed by atoms with Crippen LogP contribution in [0.2, 0.25) is 0 Å². The summed E-state index contributed by atoms with van der Waals surface area (Å²) in [7, 11) is 8.63. The Balaban J connectivity index is 2.00. The first kappa shape index (κ1) is 36.2. The largest absolute Gasteiger partial charge is 0.380 e. The van der Waals surface area contributed by atoms with Crippen LogP contribution in [0.4, 0.5) is 0 Å². The number of nitrogens with zero attached hydrogens (tertiary/aromatic N) is 3. The van der Waals surface area contributed by atoms with Crippen LogP contribution in [-0.2, 0) is 6.54 Å². The SMILES string of the molecule is C=CC/C(=C1/CC2C[C@@]3(C)C(N(C)C)C(C)=C(C(=C)C)C(=C)[C@@]3(C)C(C)=C2C(=C)/C1=C(\C#N)C(C)NCc1ccccc1C)N(C)C. The van der Waals surface area contributed by atoms with E-state index in [1.165, 1.54) is 44.7 Å². The number of likely N-dealkylation sites (N-methyl/N-ethyl adjacent to an activating group) is 1. The van der Waals surface area contributed by atoms with Crippen molar-refractivity contribution in [3.8, 4) is 6.07 Å². The standard InChI is InChI=1S/C43H58N4/c1-16-19-37(46(12)13)35-22-34-23-42(10)41(47(14)15)29(6)38(26(2)3)30(7)43(42,11)31(8)39(34)28(5)40(35)36(24-44)32(9)45-25-33-21-18-17-20-27(33)4/h16-18,20-21,32,34,41,45H,1-2,5,7,19,22-23,25H2,3-4,6,8-15H3/b37-35+,40-36-/t32?,34?,41?,42-,43-/m0/s1. The van der Waals surface area contributed by atoms with Crippen molar-refractivity contribution in [3.05, 3.63) is 129 Å². The molecule has 0 bridgehead atoms. The fourth-order valence-electron chi connectivity index (χ4n) is 9.59. The Hall–Kier alpha value is -3.65. The molecule has 1 aromatic carbocycles. The Labute approximate surface area is 286 Å². The van der Waals surface area contributed by atoms with Gasteiger partial charge in [0.1, 0.15) is 0 Å². The number of fused-ring (bicyclic) bond motifs is 2. The molecule has 250 valence electrons. The van der Waals surface area contributed by atoms with Gasteiger partial charge in [0.2, 0.25) is 0 Å². The molecule has 47 heavy (non-hydrogen) atoms. The van der Waals surface area contributed by atoms with Crippen LogP contribution in [0, 0.1) is 35.0 Å². The van der Waals surface area contributed by atoms with Crippen molar-refractivity contribution in [2.24, 2.45) is 16.7 Å². The minimum Gasteiger partial charge on any atom is -0.380 e. The normalized spacial score (nSPS) is 28.8. The van der Waals surface area contributed by atoms with E-state index in [4.69, 9.17) is 13.2 Å². The first-order valence-electron chi connectivity index (χ1n) is 17.1. The fraction of sp³-hybridized carbons (Fsp3) is 0.465. The smallest absolute Gasteiger partial charge is 0.0970 e. The van der Waals surface area contributed by atoms with Gasteiger partial charge in [-0.3, -0.25) is 0 Å². The molecular weight excluding hydrogens is 573 g/mol. The molecule has 3 aliphatic carbocycles.